The van der Waals surface area contributed by atoms with E-state index >= 15 is 0 Å². The second-order valence-electron chi connectivity index (χ2n) is 4.77. The van der Waals surface area contributed by atoms with Gasteiger partial charge in [0.1, 0.15) is 16.5 Å². The average molecular weight is 330 g/mol. The van der Waals surface area contributed by atoms with Crippen molar-refractivity contribution in [3.05, 3.63) is 47.8 Å². The van der Waals surface area contributed by atoms with E-state index in [1.165, 1.54) is 16.4 Å². The van der Waals surface area contributed by atoms with Gasteiger partial charge in [-0.15, -0.1) is 11.6 Å². The Hall–Kier alpha value is -1.44. The van der Waals surface area contributed by atoms with Crippen LogP contribution in [0.1, 0.15) is 11.4 Å². The lowest BCUT2D eigenvalue weighted by atomic mass is 10.2. The van der Waals surface area contributed by atoms with Crippen molar-refractivity contribution in [3.63, 3.8) is 0 Å². The summed E-state index contributed by atoms with van der Waals surface area (Å²) in [5.74, 6) is 0.0166. The minimum Gasteiger partial charge on any atom is -0.333 e. The van der Waals surface area contributed by atoms with Crippen LogP contribution in [0.3, 0.4) is 0 Å². The van der Waals surface area contributed by atoms with Crippen molar-refractivity contribution < 1.29 is 12.8 Å². The summed E-state index contributed by atoms with van der Waals surface area (Å²) in [7, 11) is -3.88. The fraction of sp³-hybridized carbons (Fsp3) is 0.308. The van der Waals surface area contributed by atoms with Crippen LogP contribution in [0.15, 0.2) is 35.5 Å². The van der Waals surface area contributed by atoms with Crippen LogP contribution >= 0.6 is 11.6 Å². The first-order chi connectivity index (χ1) is 10.0. The van der Waals surface area contributed by atoms with E-state index in [0.717, 1.165) is 6.07 Å². The maximum Gasteiger partial charge on any atom is 0.246 e. The van der Waals surface area contributed by atoms with Gasteiger partial charge in [0.25, 0.3) is 0 Å². The van der Waals surface area contributed by atoms with E-state index in [4.69, 9.17) is 11.6 Å². The van der Waals surface area contributed by atoms with Crippen molar-refractivity contribution in [3.8, 4) is 0 Å². The third-order valence-corrected chi connectivity index (χ3v) is 5.67. The van der Waals surface area contributed by atoms with Gasteiger partial charge >= 0.3 is 0 Å². The summed E-state index contributed by atoms with van der Waals surface area (Å²) < 4.78 is 42.3. The molecule has 21 heavy (non-hydrogen) atoms. The molecule has 8 heteroatoms. The maximum atomic E-state index is 14.0. The number of hydrogen-bond acceptors (Lipinski definition) is 3. The number of rotatable bonds is 3. The molecule has 0 atom stereocenters. The smallest absolute Gasteiger partial charge is 0.246 e. The van der Waals surface area contributed by atoms with Gasteiger partial charge in [-0.1, -0.05) is 6.07 Å². The summed E-state index contributed by atoms with van der Waals surface area (Å²) in [5, 5.41) is 0. The first kappa shape index (κ1) is 14.5. The molecule has 5 nitrogen and oxygen atoms in total. The van der Waals surface area contributed by atoms with Crippen LogP contribution in [-0.4, -0.2) is 28.8 Å². The molecule has 0 bridgehead atoms. The third kappa shape index (κ3) is 2.56. The van der Waals surface area contributed by atoms with Crippen molar-refractivity contribution in [2.24, 2.45) is 0 Å². The lowest BCUT2D eigenvalue weighted by molar-refractivity contribution is 0.334. The highest BCUT2D eigenvalue weighted by atomic mass is 35.5. The fourth-order valence-electron chi connectivity index (χ4n) is 2.33. The molecule has 1 aliphatic rings. The number of hydrogen-bond donors (Lipinski definition) is 0. The Kier molecular flexibility index (Phi) is 3.73. The molecule has 2 heterocycles. The molecule has 0 saturated carbocycles. The summed E-state index contributed by atoms with van der Waals surface area (Å²) in [6.07, 6.45) is 3.43. The van der Waals surface area contributed by atoms with Crippen molar-refractivity contribution >= 4 is 21.6 Å². The van der Waals surface area contributed by atoms with Gasteiger partial charge in [-0.3, -0.25) is 0 Å². The Morgan fingerprint density at radius 2 is 2.14 bits per heavy atom. The van der Waals surface area contributed by atoms with Crippen LogP contribution in [0, 0.1) is 5.82 Å². The summed E-state index contributed by atoms with van der Waals surface area (Å²) in [5.41, 5.74) is 0.544. The van der Waals surface area contributed by atoms with E-state index in [-0.39, 0.29) is 17.3 Å². The number of benzene rings is 1. The Bertz CT molecular complexity index is 775. The number of alkyl halides is 1. The fourth-order valence-corrected chi connectivity index (χ4v) is 3.93. The van der Waals surface area contributed by atoms with Crippen molar-refractivity contribution in [2.75, 3.05) is 6.54 Å². The molecule has 1 aromatic carbocycles. The number of sulfonamides is 1. The van der Waals surface area contributed by atoms with E-state index < -0.39 is 15.8 Å². The minimum absolute atomic E-state index is 0.137. The summed E-state index contributed by atoms with van der Waals surface area (Å²) in [6.45, 7) is 0.949. The highest BCUT2D eigenvalue weighted by Gasteiger charge is 2.31. The standard InChI is InChI=1S/C13H13ClFN3O2S/c14-8-10-1-2-12(11(15)7-10)21(19,20)18-6-5-17-4-3-16-13(17)9-18/h1-4,7H,5-6,8-9H2. The molecule has 112 valence electrons. The molecule has 0 aliphatic carbocycles. The number of nitrogens with zero attached hydrogens (tertiary/aromatic N) is 3. The highest BCUT2D eigenvalue weighted by molar-refractivity contribution is 7.89. The molecule has 0 N–H and O–H groups in total. The molecule has 0 unspecified atom stereocenters. The number of halogens is 2. The van der Waals surface area contributed by atoms with Gasteiger partial charge in [0.2, 0.25) is 10.0 Å². The van der Waals surface area contributed by atoms with Gasteiger partial charge in [-0.2, -0.15) is 4.31 Å². The monoisotopic (exact) mass is 329 g/mol. The van der Waals surface area contributed by atoms with E-state index in [9.17, 15) is 12.8 Å². The maximum absolute atomic E-state index is 14.0. The Balaban J connectivity index is 1.95. The van der Waals surface area contributed by atoms with Gasteiger partial charge < -0.3 is 4.57 Å². The van der Waals surface area contributed by atoms with Crippen LogP contribution in [0.4, 0.5) is 4.39 Å². The largest absolute Gasteiger partial charge is 0.333 e. The zero-order valence-corrected chi connectivity index (χ0v) is 12.6. The van der Waals surface area contributed by atoms with Crippen molar-refractivity contribution in [2.45, 2.75) is 23.9 Å². The molecule has 2 aromatic rings. The number of fused-ring (bicyclic) bond motifs is 1. The Morgan fingerprint density at radius 1 is 1.33 bits per heavy atom. The van der Waals surface area contributed by atoms with Crippen LogP contribution < -0.4 is 0 Å². The average Bonchev–Trinajstić information content (AvgIpc) is 2.94. The molecule has 0 fully saturated rings. The molecule has 3 rings (SSSR count). The van der Waals surface area contributed by atoms with Crippen LogP contribution in [-0.2, 0) is 29.0 Å². The first-order valence-electron chi connectivity index (χ1n) is 6.37. The summed E-state index contributed by atoms with van der Waals surface area (Å²) in [4.78, 5) is 3.79. The van der Waals surface area contributed by atoms with Crippen LogP contribution in [0.5, 0.6) is 0 Å². The van der Waals surface area contributed by atoms with Crippen LogP contribution in [0.2, 0.25) is 0 Å². The zero-order valence-electron chi connectivity index (χ0n) is 11.0. The normalized spacial score (nSPS) is 15.9. The summed E-state index contributed by atoms with van der Waals surface area (Å²) >= 11 is 5.62. The quantitative estimate of drug-likeness (QED) is 0.809. The van der Waals surface area contributed by atoms with Crippen LogP contribution in [0.25, 0.3) is 0 Å². The van der Waals surface area contributed by atoms with E-state index in [0.29, 0.717) is 24.5 Å². The van der Waals surface area contributed by atoms with Crippen molar-refractivity contribution in [1.29, 1.82) is 0 Å². The first-order valence-corrected chi connectivity index (χ1v) is 8.34. The van der Waals surface area contributed by atoms with Gasteiger partial charge in [0.15, 0.2) is 0 Å². The number of imidazole rings is 1. The lowest BCUT2D eigenvalue weighted by Gasteiger charge is -2.27. The molecular formula is C13H13ClFN3O2S. The second-order valence-corrected chi connectivity index (χ2v) is 6.95. The predicted octanol–water partition coefficient (Wildman–Crippen LogP) is 1.97. The van der Waals surface area contributed by atoms with Gasteiger partial charge in [0, 0.05) is 31.4 Å². The SMILES string of the molecule is O=S(=O)(c1ccc(CCl)cc1F)N1CCn2ccnc2C1. The van der Waals surface area contributed by atoms with Gasteiger partial charge in [-0.25, -0.2) is 17.8 Å². The van der Waals surface area contributed by atoms with E-state index in [1.807, 2.05) is 4.57 Å². The molecule has 0 saturated heterocycles. The minimum atomic E-state index is -3.88. The summed E-state index contributed by atoms with van der Waals surface area (Å²) in [6, 6.07) is 3.95. The zero-order chi connectivity index (χ0) is 15.0. The molecule has 0 radical (unpaired) electrons. The molecular weight excluding hydrogens is 317 g/mol. The third-order valence-electron chi connectivity index (χ3n) is 3.48. The molecule has 1 aromatic heterocycles. The number of aromatic nitrogens is 2. The molecule has 0 amide bonds. The Labute approximate surface area is 127 Å². The van der Waals surface area contributed by atoms with E-state index in [1.54, 1.807) is 12.4 Å². The molecule has 0 spiro atoms. The predicted molar refractivity (Wildman–Crippen MR) is 75.8 cm³/mol. The lowest BCUT2D eigenvalue weighted by Crippen LogP contribution is -2.38. The van der Waals surface area contributed by atoms with E-state index in [2.05, 4.69) is 4.98 Å². The van der Waals surface area contributed by atoms with Gasteiger partial charge in [0.05, 0.1) is 6.54 Å². The highest BCUT2D eigenvalue weighted by Crippen LogP contribution is 2.24. The second kappa shape index (κ2) is 5.40. The van der Waals surface area contributed by atoms with Crippen molar-refractivity contribution in [1.82, 2.24) is 13.9 Å². The van der Waals surface area contributed by atoms with Gasteiger partial charge in [-0.05, 0) is 17.7 Å². The Morgan fingerprint density at radius 3 is 2.86 bits per heavy atom. The molecule has 1 aliphatic heterocycles. The topological polar surface area (TPSA) is 55.2 Å².